The van der Waals surface area contributed by atoms with E-state index in [0.717, 1.165) is 42.4 Å². The first-order chi connectivity index (χ1) is 15.4. The molecule has 0 fully saturated rings. The first kappa shape index (κ1) is 22.7. The molecular formula is C23H23NO5S3. The number of hydrogen-bond acceptors (Lipinski definition) is 7. The normalized spacial score (nSPS) is 12.2. The van der Waals surface area contributed by atoms with Crippen LogP contribution in [0.5, 0.6) is 11.5 Å². The lowest BCUT2D eigenvalue weighted by Gasteiger charge is -2.05. The maximum Gasteiger partial charge on any atom is 0.262 e. The molecule has 168 valence electrons. The van der Waals surface area contributed by atoms with Crippen molar-refractivity contribution in [1.29, 1.82) is 0 Å². The fourth-order valence-electron chi connectivity index (χ4n) is 3.60. The monoisotopic (exact) mass is 489 g/mol. The molecule has 0 spiro atoms. The lowest BCUT2D eigenvalue weighted by molar-refractivity contribution is -0.667. The van der Waals surface area contributed by atoms with E-state index in [1.54, 1.807) is 29.8 Å². The van der Waals surface area contributed by atoms with Gasteiger partial charge in [-0.3, -0.25) is 0 Å². The number of aryl methyl sites for hydroxylation is 1. The average Bonchev–Trinajstić information content (AvgIpc) is 3.37. The third-order valence-electron chi connectivity index (χ3n) is 5.00. The van der Waals surface area contributed by atoms with Gasteiger partial charge in [0.25, 0.3) is 5.01 Å². The van der Waals surface area contributed by atoms with Gasteiger partial charge in [-0.05, 0) is 42.1 Å². The highest BCUT2D eigenvalue weighted by molar-refractivity contribution is 7.85. The molecule has 6 nitrogen and oxygen atoms in total. The summed E-state index contributed by atoms with van der Waals surface area (Å²) in [6, 6.07) is 11.9. The Bertz CT molecular complexity index is 1370. The first-order valence-corrected chi connectivity index (χ1v) is 13.4. The van der Waals surface area contributed by atoms with Crippen molar-refractivity contribution < 1.29 is 27.0 Å². The van der Waals surface area contributed by atoms with E-state index in [2.05, 4.69) is 4.57 Å². The van der Waals surface area contributed by atoms with Crippen LogP contribution in [0.4, 0.5) is 0 Å². The van der Waals surface area contributed by atoms with Gasteiger partial charge in [-0.1, -0.05) is 23.5 Å². The SMILES string of the molecule is CCOc1ccc(/C=C/c2sc3cc(OC)c4ccsc4c3[n+]2CCCS(=O)(=O)[O-])cc1. The Morgan fingerprint density at radius 2 is 1.94 bits per heavy atom. The Morgan fingerprint density at radius 3 is 2.62 bits per heavy atom. The van der Waals surface area contributed by atoms with E-state index in [1.165, 1.54) is 0 Å². The highest BCUT2D eigenvalue weighted by atomic mass is 32.2. The van der Waals surface area contributed by atoms with Crippen molar-refractivity contribution in [3.8, 4) is 11.5 Å². The summed E-state index contributed by atoms with van der Waals surface area (Å²) in [4.78, 5) is 0. The van der Waals surface area contributed by atoms with E-state index in [0.29, 0.717) is 13.2 Å². The summed E-state index contributed by atoms with van der Waals surface area (Å²) < 4.78 is 48.8. The molecule has 2 aromatic carbocycles. The van der Waals surface area contributed by atoms with Crippen molar-refractivity contribution in [1.82, 2.24) is 0 Å². The van der Waals surface area contributed by atoms with Crippen LogP contribution in [0.1, 0.15) is 23.9 Å². The van der Waals surface area contributed by atoms with Gasteiger partial charge in [-0.15, -0.1) is 11.3 Å². The van der Waals surface area contributed by atoms with Crippen molar-refractivity contribution in [2.24, 2.45) is 0 Å². The quantitative estimate of drug-likeness (QED) is 0.246. The molecule has 0 unspecified atom stereocenters. The molecule has 4 rings (SSSR count). The molecule has 9 heteroatoms. The van der Waals surface area contributed by atoms with Gasteiger partial charge in [0.2, 0.25) is 5.52 Å². The van der Waals surface area contributed by atoms with Crippen LogP contribution in [0.15, 0.2) is 41.8 Å². The number of rotatable bonds is 9. The van der Waals surface area contributed by atoms with E-state index in [4.69, 9.17) is 9.47 Å². The lowest BCUT2D eigenvalue weighted by atomic mass is 10.2. The van der Waals surface area contributed by atoms with Crippen LogP contribution >= 0.6 is 22.7 Å². The second-order valence-electron chi connectivity index (χ2n) is 7.13. The fourth-order valence-corrected chi connectivity index (χ4v) is 6.24. The molecule has 0 N–H and O–H groups in total. The lowest BCUT2D eigenvalue weighted by Crippen LogP contribution is -2.36. The van der Waals surface area contributed by atoms with Gasteiger partial charge < -0.3 is 14.0 Å². The number of hydrogen-bond donors (Lipinski definition) is 0. The molecule has 0 saturated carbocycles. The standard InChI is InChI=1S/C23H23NO5S3/c1-3-29-17-8-5-16(6-9-17)7-10-21-24(12-4-14-32(25,26)27)22-20(31-21)15-19(28-2)18-11-13-30-23(18)22/h5-11,13,15H,3-4,12,14H2,1-2H3/b10-7+. The minimum atomic E-state index is -4.26. The summed E-state index contributed by atoms with van der Waals surface area (Å²) in [5.74, 6) is 1.25. The third-order valence-corrected chi connectivity index (χ3v) is 7.80. The summed E-state index contributed by atoms with van der Waals surface area (Å²) in [6.07, 6.45) is 4.30. The molecule has 4 aromatic rings. The molecule has 0 radical (unpaired) electrons. The number of fused-ring (bicyclic) bond motifs is 3. The fraction of sp³-hybridized carbons (Fsp3) is 0.261. The first-order valence-electron chi connectivity index (χ1n) is 10.1. The van der Waals surface area contributed by atoms with Crippen LogP contribution in [0.3, 0.4) is 0 Å². The number of thiophene rings is 1. The van der Waals surface area contributed by atoms with Gasteiger partial charge in [0.05, 0.1) is 23.8 Å². The van der Waals surface area contributed by atoms with Gasteiger partial charge in [0.1, 0.15) is 20.9 Å². The highest BCUT2D eigenvalue weighted by Gasteiger charge is 2.24. The topological polar surface area (TPSA) is 79.5 Å². The smallest absolute Gasteiger partial charge is 0.262 e. The minimum Gasteiger partial charge on any atom is -0.748 e. The Morgan fingerprint density at radius 1 is 1.16 bits per heavy atom. The number of nitrogens with zero attached hydrogens (tertiary/aromatic N) is 1. The molecule has 0 aliphatic rings. The Hall–Kier alpha value is -2.46. The second-order valence-corrected chi connectivity index (χ2v) is 10.6. The number of aromatic nitrogens is 1. The third kappa shape index (κ3) is 4.96. The minimum absolute atomic E-state index is 0.255. The van der Waals surface area contributed by atoms with Crippen molar-refractivity contribution in [3.63, 3.8) is 0 Å². The number of benzene rings is 2. The van der Waals surface area contributed by atoms with E-state index < -0.39 is 10.1 Å². The van der Waals surface area contributed by atoms with Crippen LogP contribution < -0.4 is 14.0 Å². The molecule has 0 aliphatic heterocycles. The molecule has 0 amide bonds. The maximum absolute atomic E-state index is 11.1. The molecule has 0 aliphatic carbocycles. The molecule has 0 bridgehead atoms. The highest BCUT2D eigenvalue weighted by Crippen LogP contribution is 2.38. The van der Waals surface area contributed by atoms with E-state index in [9.17, 15) is 13.0 Å². The van der Waals surface area contributed by atoms with Gasteiger partial charge in [0.15, 0.2) is 6.54 Å². The molecule has 2 heterocycles. The largest absolute Gasteiger partial charge is 0.748 e. The van der Waals surface area contributed by atoms with Crippen molar-refractivity contribution in [3.05, 3.63) is 52.3 Å². The van der Waals surface area contributed by atoms with E-state index >= 15 is 0 Å². The molecule has 0 saturated heterocycles. The van der Waals surface area contributed by atoms with Gasteiger partial charge in [0, 0.05) is 29.7 Å². The Labute approximate surface area is 195 Å². The Kier molecular flexibility index (Phi) is 6.80. The molecular weight excluding hydrogens is 466 g/mol. The van der Waals surface area contributed by atoms with Gasteiger partial charge in [-0.25, -0.2) is 8.42 Å². The zero-order valence-electron chi connectivity index (χ0n) is 17.7. The van der Waals surface area contributed by atoms with Gasteiger partial charge in [-0.2, -0.15) is 4.57 Å². The van der Waals surface area contributed by atoms with Crippen molar-refractivity contribution in [2.75, 3.05) is 19.5 Å². The van der Waals surface area contributed by atoms with Crippen LogP contribution in [-0.2, 0) is 16.7 Å². The molecule has 32 heavy (non-hydrogen) atoms. The second kappa shape index (κ2) is 9.58. The van der Waals surface area contributed by atoms with Crippen LogP contribution in [-0.4, -0.2) is 32.4 Å². The summed E-state index contributed by atoms with van der Waals surface area (Å²) in [7, 11) is -2.60. The average molecular weight is 490 g/mol. The van der Waals surface area contributed by atoms with Crippen molar-refractivity contribution in [2.45, 2.75) is 19.9 Å². The summed E-state index contributed by atoms with van der Waals surface area (Å²) in [5.41, 5.74) is 2.06. The van der Waals surface area contributed by atoms with Gasteiger partial charge >= 0.3 is 0 Å². The van der Waals surface area contributed by atoms with Crippen LogP contribution in [0.25, 0.3) is 32.5 Å². The number of methoxy groups -OCH3 is 1. The van der Waals surface area contributed by atoms with Crippen molar-refractivity contribution >= 4 is 65.2 Å². The van der Waals surface area contributed by atoms with E-state index in [-0.39, 0.29) is 12.2 Å². The Balaban J connectivity index is 1.76. The van der Waals surface area contributed by atoms with E-state index in [1.807, 2.05) is 60.9 Å². The summed E-state index contributed by atoms with van der Waals surface area (Å²) in [6.45, 7) is 3.01. The zero-order chi connectivity index (χ0) is 22.7. The summed E-state index contributed by atoms with van der Waals surface area (Å²) >= 11 is 3.23. The zero-order valence-corrected chi connectivity index (χ0v) is 20.2. The predicted octanol–water partition coefficient (Wildman–Crippen LogP) is 4.92. The molecule has 2 aromatic heterocycles. The number of thiazole rings is 1. The maximum atomic E-state index is 11.1. The molecule has 0 atom stereocenters. The number of ether oxygens (including phenoxy) is 2. The van der Waals surface area contributed by atoms with Crippen LogP contribution in [0, 0.1) is 0 Å². The summed E-state index contributed by atoms with van der Waals surface area (Å²) in [5, 5.41) is 4.02. The van der Waals surface area contributed by atoms with Crippen LogP contribution in [0.2, 0.25) is 0 Å². The predicted molar refractivity (Wildman–Crippen MR) is 130 cm³/mol.